The van der Waals surface area contributed by atoms with Crippen molar-refractivity contribution in [2.45, 2.75) is 38.1 Å². The minimum absolute atomic E-state index is 0.183. The van der Waals surface area contributed by atoms with Crippen LogP contribution >= 0.6 is 23.1 Å². The standard InChI is InChI=1S/C17H23N5O2S2/c1-5-18-15(24)12(4)19-14(23)9-25-17-22-21-16(26-17)20-13-7-6-10(2)11(3)8-13/h6-8,12H,5,9H2,1-4H3,(H,18,24)(H,19,23)(H,20,21)/t12-/m1/s1. The summed E-state index contributed by atoms with van der Waals surface area (Å²) in [7, 11) is 0. The summed E-state index contributed by atoms with van der Waals surface area (Å²) in [5.41, 5.74) is 3.39. The third kappa shape index (κ3) is 5.99. The molecule has 2 rings (SSSR count). The molecule has 7 nitrogen and oxygen atoms in total. The van der Waals surface area contributed by atoms with Gasteiger partial charge in [-0.3, -0.25) is 9.59 Å². The number of aryl methyl sites for hydroxylation is 2. The van der Waals surface area contributed by atoms with Gasteiger partial charge in [0.15, 0.2) is 4.34 Å². The minimum Gasteiger partial charge on any atom is -0.355 e. The average molecular weight is 394 g/mol. The SMILES string of the molecule is CCNC(=O)[C@@H](C)NC(=O)CSc1nnc(Nc2ccc(C)c(C)c2)s1. The molecule has 0 aliphatic heterocycles. The summed E-state index contributed by atoms with van der Waals surface area (Å²) in [6.07, 6.45) is 0. The molecule has 2 amide bonds. The van der Waals surface area contributed by atoms with E-state index in [0.29, 0.717) is 16.0 Å². The molecule has 1 aromatic heterocycles. The van der Waals surface area contributed by atoms with E-state index in [1.165, 1.54) is 34.2 Å². The van der Waals surface area contributed by atoms with Crippen molar-refractivity contribution in [3.05, 3.63) is 29.3 Å². The van der Waals surface area contributed by atoms with Gasteiger partial charge in [-0.05, 0) is 51.0 Å². The molecule has 0 saturated carbocycles. The van der Waals surface area contributed by atoms with Gasteiger partial charge < -0.3 is 16.0 Å². The number of hydrogen-bond acceptors (Lipinski definition) is 7. The molecule has 9 heteroatoms. The van der Waals surface area contributed by atoms with E-state index in [0.717, 1.165) is 5.69 Å². The Hall–Kier alpha value is -2.13. The molecule has 0 bridgehead atoms. The van der Waals surface area contributed by atoms with Gasteiger partial charge in [-0.15, -0.1) is 10.2 Å². The number of nitrogens with one attached hydrogen (secondary N) is 3. The number of aromatic nitrogens is 2. The van der Waals surface area contributed by atoms with Crippen molar-refractivity contribution >= 4 is 45.7 Å². The molecule has 0 spiro atoms. The molecule has 0 fully saturated rings. The van der Waals surface area contributed by atoms with E-state index in [-0.39, 0.29) is 17.6 Å². The largest absolute Gasteiger partial charge is 0.355 e. The normalized spacial score (nSPS) is 11.7. The fourth-order valence-electron chi connectivity index (χ4n) is 2.06. The number of hydrogen-bond donors (Lipinski definition) is 3. The van der Waals surface area contributed by atoms with Crippen LogP contribution in [-0.2, 0) is 9.59 Å². The zero-order valence-corrected chi connectivity index (χ0v) is 16.9. The lowest BCUT2D eigenvalue weighted by Crippen LogP contribution is -2.45. The van der Waals surface area contributed by atoms with Crippen molar-refractivity contribution in [3.63, 3.8) is 0 Å². The third-order valence-electron chi connectivity index (χ3n) is 3.61. The number of benzene rings is 1. The summed E-state index contributed by atoms with van der Waals surface area (Å²) < 4.78 is 0.692. The van der Waals surface area contributed by atoms with E-state index < -0.39 is 6.04 Å². The van der Waals surface area contributed by atoms with Crippen molar-refractivity contribution in [1.29, 1.82) is 0 Å². The van der Waals surface area contributed by atoms with Gasteiger partial charge in [0, 0.05) is 12.2 Å². The second kappa shape index (κ2) is 9.54. The zero-order chi connectivity index (χ0) is 19.1. The van der Waals surface area contributed by atoms with Crippen LogP contribution in [0.5, 0.6) is 0 Å². The molecule has 3 N–H and O–H groups in total. The van der Waals surface area contributed by atoms with Gasteiger partial charge in [0.1, 0.15) is 6.04 Å². The molecule has 1 heterocycles. The Labute approximate surface area is 161 Å². The second-order valence-electron chi connectivity index (χ2n) is 5.77. The first kappa shape index (κ1) is 20.2. The van der Waals surface area contributed by atoms with Crippen LogP contribution in [0.25, 0.3) is 0 Å². The van der Waals surface area contributed by atoms with Crippen LogP contribution in [0.1, 0.15) is 25.0 Å². The molecule has 0 unspecified atom stereocenters. The number of carbonyl (C=O) groups excluding carboxylic acids is 2. The van der Waals surface area contributed by atoms with Gasteiger partial charge in [-0.25, -0.2) is 0 Å². The van der Waals surface area contributed by atoms with E-state index in [2.05, 4.69) is 52.1 Å². The Bertz CT molecular complexity index is 778. The Morgan fingerprint density at radius 2 is 2.00 bits per heavy atom. The maximum atomic E-state index is 11.9. The maximum absolute atomic E-state index is 11.9. The lowest BCUT2D eigenvalue weighted by atomic mass is 10.1. The number of thioether (sulfide) groups is 1. The van der Waals surface area contributed by atoms with Crippen molar-refractivity contribution in [2.75, 3.05) is 17.6 Å². The van der Waals surface area contributed by atoms with Crippen molar-refractivity contribution < 1.29 is 9.59 Å². The highest BCUT2D eigenvalue weighted by molar-refractivity contribution is 8.01. The third-order valence-corrected chi connectivity index (χ3v) is 5.59. The zero-order valence-electron chi connectivity index (χ0n) is 15.3. The lowest BCUT2D eigenvalue weighted by Gasteiger charge is -2.12. The fourth-order valence-corrected chi connectivity index (χ4v) is 3.65. The topological polar surface area (TPSA) is 96.0 Å². The van der Waals surface area contributed by atoms with Crippen molar-refractivity contribution in [1.82, 2.24) is 20.8 Å². The second-order valence-corrected chi connectivity index (χ2v) is 7.97. The molecule has 2 aromatic rings. The van der Waals surface area contributed by atoms with Crippen LogP contribution in [0, 0.1) is 13.8 Å². The molecule has 0 aliphatic rings. The van der Waals surface area contributed by atoms with Crippen molar-refractivity contribution in [2.24, 2.45) is 0 Å². The highest BCUT2D eigenvalue weighted by atomic mass is 32.2. The predicted molar refractivity (Wildman–Crippen MR) is 106 cm³/mol. The maximum Gasteiger partial charge on any atom is 0.242 e. The number of anilines is 2. The van der Waals surface area contributed by atoms with E-state index >= 15 is 0 Å². The monoisotopic (exact) mass is 393 g/mol. The summed E-state index contributed by atoms with van der Waals surface area (Å²) in [5.74, 6) is -0.226. The number of likely N-dealkylation sites (N-methyl/N-ethyl adjacent to an activating group) is 1. The molecule has 140 valence electrons. The molecule has 26 heavy (non-hydrogen) atoms. The van der Waals surface area contributed by atoms with Crippen LogP contribution in [0.4, 0.5) is 10.8 Å². The van der Waals surface area contributed by atoms with Gasteiger partial charge in [0.05, 0.1) is 5.75 Å². The summed E-state index contributed by atoms with van der Waals surface area (Å²) in [6.45, 7) is 8.15. The Morgan fingerprint density at radius 3 is 2.69 bits per heavy atom. The molecular weight excluding hydrogens is 370 g/mol. The summed E-state index contributed by atoms with van der Waals surface area (Å²) in [5, 5.41) is 17.4. The van der Waals surface area contributed by atoms with E-state index in [1.54, 1.807) is 6.92 Å². The Balaban J connectivity index is 1.83. The van der Waals surface area contributed by atoms with E-state index in [1.807, 2.05) is 13.0 Å². The van der Waals surface area contributed by atoms with Gasteiger partial charge in [0.2, 0.25) is 16.9 Å². The first-order valence-corrected chi connectivity index (χ1v) is 10.1. The summed E-state index contributed by atoms with van der Waals surface area (Å²) in [4.78, 5) is 23.5. The molecule has 0 radical (unpaired) electrons. The first-order valence-electron chi connectivity index (χ1n) is 8.26. The molecule has 1 atom stereocenters. The van der Waals surface area contributed by atoms with Gasteiger partial charge in [-0.2, -0.15) is 0 Å². The van der Waals surface area contributed by atoms with Crippen LogP contribution in [0.15, 0.2) is 22.5 Å². The highest BCUT2D eigenvalue weighted by Crippen LogP contribution is 2.28. The van der Waals surface area contributed by atoms with E-state index in [9.17, 15) is 9.59 Å². The highest BCUT2D eigenvalue weighted by Gasteiger charge is 2.15. The van der Waals surface area contributed by atoms with Crippen molar-refractivity contribution in [3.8, 4) is 0 Å². The van der Waals surface area contributed by atoms with Gasteiger partial charge in [-0.1, -0.05) is 29.2 Å². The quantitative estimate of drug-likeness (QED) is 0.597. The Morgan fingerprint density at radius 1 is 1.23 bits per heavy atom. The minimum atomic E-state index is -0.556. The average Bonchev–Trinajstić information content (AvgIpc) is 3.04. The molecule has 0 saturated heterocycles. The number of nitrogens with zero attached hydrogens (tertiary/aromatic N) is 2. The summed E-state index contributed by atoms with van der Waals surface area (Å²) in [6, 6.07) is 5.54. The van der Waals surface area contributed by atoms with E-state index in [4.69, 9.17) is 0 Å². The number of amides is 2. The Kier molecular flexibility index (Phi) is 7.40. The molecule has 1 aromatic carbocycles. The van der Waals surface area contributed by atoms with Crippen LogP contribution in [-0.4, -0.2) is 40.4 Å². The lowest BCUT2D eigenvalue weighted by molar-refractivity contribution is -0.127. The van der Waals surface area contributed by atoms with Gasteiger partial charge >= 0.3 is 0 Å². The number of carbonyl (C=O) groups is 2. The number of rotatable bonds is 8. The first-order chi connectivity index (χ1) is 12.4. The summed E-state index contributed by atoms with van der Waals surface area (Å²) >= 11 is 2.68. The van der Waals surface area contributed by atoms with Gasteiger partial charge in [0.25, 0.3) is 0 Å². The predicted octanol–water partition coefficient (Wildman–Crippen LogP) is 2.63. The van der Waals surface area contributed by atoms with Crippen LogP contribution in [0.3, 0.4) is 0 Å². The van der Waals surface area contributed by atoms with Crippen LogP contribution in [0.2, 0.25) is 0 Å². The van der Waals surface area contributed by atoms with Crippen LogP contribution < -0.4 is 16.0 Å². The smallest absolute Gasteiger partial charge is 0.242 e. The molecular formula is C17H23N5O2S2. The molecule has 0 aliphatic carbocycles. The fraction of sp³-hybridized carbons (Fsp3) is 0.412.